The number of para-hydroxylation sites is 1. The third kappa shape index (κ3) is 2.32. The van der Waals surface area contributed by atoms with Crippen molar-refractivity contribution >= 4 is 21.7 Å². The Morgan fingerprint density at radius 2 is 1.74 bits per heavy atom. The molecule has 4 heteroatoms. The smallest absolute Gasteiger partial charge is 0.262 e. The van der Waals surface area contributed by atoms with Crippen LogP contribution in [0, 0.1) is 0 Å². The summed E-state index contributed by atoms with van der Waals surface area (Å²) in [5, 5.41) is 7.20. The maximum Gasteiger partial charge on any atom is 0.262 e. The fourth-order valence-electron chi connectivity index (χ4n) is 2.79. The minimum atomic E-state index is 0.0474. The van der Waals surface area contributed by atoms with Crippen molar-refractivity contribution in [1.82, 2.24) is 10.1 Å². The first-order valence-electron chi connectivity index (χ1n) is 7.62. The SMILES string of the molecule is CC(C)Oc1noc2c(-c3cncc4ccccc34)cccc12. The molecule has 2 aromatic carbocycles. The fraction of sp³-hybridized carbons (Fsp3) is 0.158. The van der Waals surface area contributed by atoms with Crippen LogP contribution < -0.4 is 4.74 Å². The van der Waals surface area contributed by atoms with Gasteiger partial charge in [0.25, 0.3) is 5.88 Å². The van der Waals surface area contributed by atoms with Gasteiger partial charge in [-0.25, -0.2) is 0 Å². The number of hydrogen-bond donors (Lipinski definition) is 0. The zero-order chi connectivity index (χ0) is 15.8. The highest BCUT2D eigenvalue weighted by Crippen LogP contribution is 2.36. The Morgan fingerprint density at radius 1 is 0.913 bits per heavy atom. The molecule has 0 unspecified atom stereocenters. The van der Waals surface area contributed by atoms with Crippen LogP contribution in [0.25, 0.3) is 32.9 Å². The number of rotatable bonds is 3. The first kappa shape index (κ1) is 13.8. The lowest BCUT2D eigenvalue weighted by Crippen LogP contribution is -2.05. The minimum Gasteiger partial charge on any atom is -0.472 e. The van der Waals surface area contributed by atoms with Crippen LogP contribution in [0.1, 0.15) is 13.8 Å². The van der Waals surface area contributed by atoms with Gasteiger partial charge in [-0.2, -0.15) is 0 Å². The number of hydrogen-bond acceptors (Lipinski definition) is 4. The number of fused-ring (bicyclic) bond motifs is 2. The Bertz CT molecular complexity index is 984. The molecule has 2 aromatic heterocycles. The predicted molar refractivity (Wildman–Crippen MR) is 90.5 cm³/mol. The van der Waals surface area contributed by atoms with Gasteiger partial charge in [-0.1, -0.05) is 36.4 Å². The molecule has 0 saturated carbocycles. The molecule has 4 nitrogen and oxygen atoms in total. The molecule has 2 heterocycles. The molecule has 0 bridgehead atoms. The van der Waals surface area contributed by atoms with Gasteiger partial charge >= 0.3 is 0 Å². The van der Waals surface area contributed by atoms with Crippen LogP contribution >= 0.6 is 0 Å². The summed E-state index contributed by atoms with van der Waals surface area (Å²) in [5.74, 6) is 0.532. The summed E-state index contributed by atoms with van der Waals surface area (Å²) in [6.45, 7) is 3.94. The lowest BCUT2D eigenvalue weighted by atomic mass is 9.99. The number of aromatic nitrogens is 2. The Kier molecular flexibility index (Phi) is 3.23. The minimum absolute atomic E-state index is 0.0474. The highest BCUT2D eigenvalue weighted by Gasteiger charge is 2.16. The Morgan fingerprint density at radius 3 is 2.61 bits per heavy atom. The van der Waals surface area contributed by atoms with Crippen molar-refractivity contribution in [3.8, 4) is 17.0 Å². The molecule has 0 aliphatic heterocycles. The van der Waals surface area contributed by atoms with Crippen molar-refractivity contribution in [2.24, 2.45) is 0 Å². The van der Waals surface area contributed by atoms with Crippen LogP contribution in [0.15, 0.2) is 59.4 Å². The fourth-order valence-corrected chi connectivity index (χ4v) is 2.79. The molecule has 0 aliphatic carbocycles. The van der Waals surface area contributed by atoms with E-state index in [1.165, 1.54) is 0 Å². The van der Waals surface area contributed by atoms with Crippen molar-refractivity contribution in [3.63, 3.8) is 0 Å². The molecule has 0 spiro atoms. The molecule has 0 amide bonds. The Balaban J connectivity index is 1.97. The van der Waals surface area contributed by atoms with E-state index in [0.29, 0.717) is 5.88 Å². The monoisotopic (exact) mass is 304 g/mol. The van der Waals surface area contributed by atoms with E-state index < -0.39 is 0 Å². The van der Waals surface area contributed by atoms with Crippen molar-refractivity contribution in [3.05, 3.63) is 54.9 Å². The lowest BCUT2D eigenvalue weighted by molar-refractivity contribution is 0.221. The quantitative estimate of drug-likeness (QED) is 0.544. The van der Waals surface area contributed by atoms with Gasteiger partial charge in [0.1, 0.15) is 0 Å². The molecule has 0 saturated heterocycles. The van der Waals surface area contributed by atoms with E-state index in [4.69, 9.17) is 9.26 Å². The van der Waals surface area contributed by atoms with Crippen LogP contribution in [-0.2, 0) is 0 Å². The van der Waals surface area contributed by atoms with Gasteiger partial charge in [-0.05, 0) is 30.5 Å². The highest BCUT2D eigenvalue weighted by molar-refractivity contribution is 6.03. The summed E-state index contributed by atoms with van der Waals surface area (Å²) < 4.78 is 11.3. The van der Waals surface area contributed by atoms with Gasteiger partial charge < -0.3 is 9.26 Å². The van der Waals surface area contributed by atoms with Crippen molar-refractivity contribution < 1.29 is 9.26 Å². The van der Waals surface area contributed by atoms with Gasteiger partial charge in [0.2, 0.25) is 0 Å². The zero-order valence-corrected chi connectivity index (χ0v) is 13.0. The van der Waals surface area contributed by atoms with Crippen LogP contribution in [-0.4, -0.2) is 16.2 Å². The van der Waals surface area contributed by atoms with Gasteiger partial charge in [-0.3, -0.25) is 4.98 Å². The Labute approximate surface area is 133 Å². The molecule has 23 heavy (non-hydrogen) atoms. The highest BCUT2D eigenvalue weighted by atomic mass is 16.5. The predicted octanol–water partition coefficient (Wildman–Crippen LogP) is 4.83. The van der Waals surface area contributed by atoms with E-state index in [1.54, 1.807) is 0 Å². The summed E-state index contributed by atoms with van der Waals surface area (Å²) in [4.78, 5) is 4.36. The first-order chi connectivity index (χ1) is 11.2. The third-order valence-corrected chi connectivity index (χ3v) is 3.77. The van der Waals surface area contributed by atoms with E-state index in [-0.39, 0.29) is 6.10 Å². The second-order valence-electron chi connectivity index (χ2n) is 5.74. The summed E-state index contributed by atoms with van der Waals surface area (Å²) in [5.41, 5.74) is 2.72. The standard InChI is InChI=1S/C19H16N2O2/c1-12(2)22-19-16-9-5-8-15(18(16)23-21-19)17-11-20-10-13-6-3-4-7-14(13)17/h3-12H,1-2H3. The topological polar surface area (TPSA) is 48.2 Å². The summed E-state index contributed by atoms with van der Waals surface area (Å²) in [6.07, 6.45) is 3.78. The largest absolute Gasteiger partial charge is 0.472 e. The average Bonchev–Trinajstić information content (AvgIpc) is 2.97. The summed E-state index contributed by atoms with van der Waals surface area (Å²) >= 11 is 0. The lowest BCUT2D eigenvalue weighted by Gasteiger charge is -2.07. The van der Waals surface area contributed by atoms with Crippen molar-refractivity contribution in [1.29, 1.82) is 0 Å². The number of pyridine rings is 1. The molecule has 4 aromatic rings. The molecule has 114 valence electrons. The molecule has 4 rings (SSSR count). The van der Waals surface area contributed by atoms with Crippen LogP contribution in [0.4, 0.5) is 0 Å². The van der Waals surface area contributed by atoms with E-state index >= 15 is 0 Å². The van der Waals surface area contributed by atoms with Gasteiger partial charge in [0.05, 0.1) is 11.5 Å². The average molecular weight is 304 g/mol. The molecule has 0 fully saturated rings. The van der Waals surface area contributed by atoms with Crippen molar-refractivity contribution in [2.75, 3.05) is 0 Å². The number of ether oxygens (including phenoxy) is 1. The Hall–Kier alpha value is -2.88. The van der Waals surface area contributed by atoms with E-state index in [1.807, 2.05) is 56.6 Å². The van der Waals surface area contributed by atoms with E-state index in [9.17, 15) is 0 Å². The molecule has 0 atom stereocenters. The maximum atomic E-state index is 5.73. The molecule has 0 aliphatic rings. The normalized spacial score (nSPS) is 11.4. The van der Waals surface area contributed by atoms with Crippen molar-refractivity contribution in [2.45, 2.75) is 20.0 Å². The van der Waals surface area contributed by atoms with Crippen LogP contribution in [0.2, 0.25) is 0 Å². The molecule has 0 radical (unpaired) electrons. The van der Waals surface area contributed by atoms with E-state index in [0.717, 1.165) is 32.9 Å². The second-order valence-corrected chi connectivity index (χ2v) is 5.74. The summed E-state index contributed by atoms with van der Waals surface area (Å²) in [6, 6.07) is 14.2. The van der Waals surface area contributed by atoms with Gasteiger partial charge in [-0.15, -0.1) is 0 Å². The zero-order valence-electron chi connectivity index (χ0n) is 13.0. The van der Waals surface area contributed by atoms with Crippen LogP contribution in [0.5, 0.6) is 5.88 Å². The molecular formula is C19H16N2O2. The second kappa shape index (κ2) is 5.39. The molecule has 0 N–H and O–H groups in total. The molecular weight excluding hydrogens is 288 g/mol. The van der Waals surface area contributed by atoms with E-state index in [2.05, 4.69) is 22.3 Å². The van der Waals surface area contributed by atoms with Gasteiger partial charge in [0, 0.05) is 28.9 Å². The number of benzene rings is 2. The summed E-state index contributed by atoms with van der Waals surface area (Å²) in [7, 11) is 0. The van der Waals surface area contributed by atoms with Crippen LogP contribution in [0.3, 0.4) is 0 Å². The number of nitrogens with zero attached hydrogens (tertiary/aromatic N) is 2. The maximum absolute atomic E-state index is 5.73. The third-order valence-electron chi connectivity index (χ3n) is 3.77. The van der Waals surface area contributed by atoms with Gasteiger partial charge in [0.15, 0.2) is 5.58 Å². The first-order valence-corrected chi connectivity index (χ1v) is 7.62.